The summed E-state index contributed by atoms with van der Waals surface area (Å²) in [5.41, 5.74) is -0.991. The van der Waals surface area contributed by atoms with Gasteiger partial charge in [0.05, 0.1) is 30.2 Å². The van der Waals surface area contributed by atoms with E-state index in [0.717, 1.165) is 6.20 Å². The molecule has 10 heteroatoms. The van der Waals surface area contributed by atoms with Crippen molar-refractivity contribution in [3.05, 3.63) is 69.5 Å². The maximum absolute atomic E-state index is 13.8. The molecule has 0 atom stereocenters. The maximum atomic E-state index is 13.8. The lowest BCUT2D eigenvalue weighted by Crippen LogP contribution is -2.21. The minimum absolute atomic E-state index is 0.0730. The van der Waals surface area contributed by atoms with Crippen LogP contribution in [0.1, 0.15) is 21.6 Å². The molecule has 1 aromatic heterocycles. The van der Waals surface area contributed by atoms with Gasteiger partial charge in [-0.1, -0.05) is 29.3 Å². The average Bonchev–Trinajstić information content (AvgIpc) is 3.10. The van der Waals surface area contributed by atoms with Crippen LogP contribution >= 0.6 is 23.2 Å². The van der Waals surface area contributed by atoms with Gasteiger partial charge in [-0.15, -0.1) is 0 Å². The number of aryl methyl sites for hydroxylation is 1. The lowest BCUT2D eigenvalue weighted by Gasteiger charge is -2.14. The van der Waals surface area contributed by atoms with Crippen molar-refractivity contribution in [1.29, 1.82) is 0 Å². The molecule has 0 aliphatic carbocycles. The van der Waals surface area contributed by atoms with Crippen LogP contribution in [0.25, 0.3) is 5.69 Å². The summed E-state index contributed by atoms with van der Waals surface area (Å²) in [5.74, 6) is -0.782. The summed E-state index contributed by atoms with van der Waals surface area (Å²) in [6.45, 7) is 1.69. The van der Waals surface area contributed by atoms with Gasteiger partial charge in [0.25, 0.3) is 5.91 Å². The number of halogens is 5. The number of methoxy groups -OCH3 is 1. The predicted molar refractivity (Wildman–Crippen MR) is 104 cm³/mol. The van der Waals surface area contributed by atoms with Crippen molar-refractivity contribution in [3.63, 3.8) is 0 Å². The van der Waals surface area contributed by atoms with Crippen molar-refractivity contribution in [2.24, 2.45) is 0 Å². The number of rotatable bonds is 4. The fourth-order valence-electron chi connectivity index (χ4n) is 2.71. The van der Waals surface area contributed by atoms with Crippen molar-refractivity contribution in [2.75, 3.05) is 12.4 Å². The number of nitrogens with zero attached hydrogens (tertiary/aromatic N) is 2. The van der Waals surface area contributed by atoms with Crippen molar-refractivity contribution in [1.82, 2.24) is 9.78 Å². The van der Waals surface area contributed by atoms with Gasteiger partial charge >= 0.3 is 6.18 Å². The monoisotopic (exact) mass is 443 g/mol. The van der Waals surface area contributed by atoms with Gasteiger partial charge in [-0.25, -0.2) is 4.68 Å². The number of benzene rings is 2. The molecule has 3 aromatic rings. The largest absolute Gasteiger partial charge is 0.495 e. The molecule has 0 unspecified atom stereocenters. The first-order valence-electron chi connectivity index (χ1n) is 8.18. The van der Waals surface area contributed by atoms with Crippen molar-refractivity contribution in [2.45, 2.75) is 13.1 Å². The third-order valence-electron chi connectivity index (χ3n) is 4.06. The third-order valence-corrected chi connectivity index (χ3v) is 4.71. The van der Waals surface area contributed by atoms with Crippen LogP contribution in [0.2, 0.25) is 10.0 Å². The number of alkyl halides is 3. The lowest BCUT2D eigenvalue weighted by atomic mass is 10.1. The fraction of sp³-hybridized carbons (Fsp3) is 0.158. The number of ether oxygens (including phenoxy) is 1. The van der Waals surface area contributed by atoms with Crippen LogP contribution in [0.15, 0.2) is 42.6 Å². The zero-order valence-corrected chi connectivity index (χ0v) is 16.7. The van der Waals surface area contributed by atoms with Crippen molar-refractivity contribution >= 4 is 34.8 Å². The van der Waals surface area contributed by atoms with Gasteiger partial charge in [-0.3, -0.25) is 4.79 Å². The number of anilines is 1. The van der Waals surface area contributed by atoms with Crippen LogP contribution in [0.5, 0.6) is 5.75 Å². The van der Waals surface area contributed by atoms with E-state index >= 15 is 0 Å². The SMILES string of the molecule is COc1cc(Cl)c(C)cc1NC(=O)c1cnn(-c2cccc(Cl)c2)c1C(F)(F)F. The number of amides is 1. The second-order valence-corrected chi connectivity index (χ2v) is 6.90. The molecule has 0 spiro atoms. The number of hydrogen-bond donors (Lipinski definition) is 1. The Kier molecular flexibility index (Phi) is 5.77. The molecule has 1 amide bonds. The molecule has 152 valence electrons. The maximum Gasteiger partial charge on any atom is 0.434 e. The Morgan fingerprint density at radius 1 is 1.21 bits per heavy atom. The van der Waals surface area contributed by atoms with Crippen LogP contribution in [0, 0.1) is 6.92 Å². The van der Waals surface area contributed by atoms with Crippen LogP contribution in [-0.2, 0) is 6.18 Å². The molecule has 5 nitrogen and oxygen atoms in total. The van der Waals surface area contributed by atoms with Gasteiger partial charge in [0.15, 0.2) is 5.69 Å². The Morgan fingerprint density at radius 2 is 1.93 bits per heavy atom. The smallest absolute Gasteiger partial charge is 0.434 e. The summed E-state index contributed by atoms with van der Waals surface area (Å²) in [6, 6.07) is 8.70. The summed E-state index contributed by atoms with van der Waals surface area (Å²) in [7, 11) is 1.36. The first-order chi connectivity index (χ1) is 13.6. The number of nitrogens with one attached hydrogen (secondary N) is 1. The lowest BCUT2D eigenvalue weighted by molar-refractivity contribution is -0.143. The van der Waals surface area contributed by atoms with E-state index in [1.54, 1.807) is 6.92 Å². The van der Waals surface area contributed by atoms with Gasteiger partial charge in [0.1, 0.15) is 5.75 Å². The normalized spacial score (nSPS) is 11.4. The van der Waals surface area contributed by atoms with Gasteiger partial charge in [0.2, 0.25) is 0 Å². The fourth-order valence-corrected chi connectivity index (χ4v) is 3.05. The van der Waals surface area contributed by atoms with E-state index in [4.69, 9.17) is 27.9 Å². The van der Waals surface area contributed by atoms with E-state index in [9.17, 15) is 18.0 Å². The van der Waals surface area contributed by atoms with E-state index in [-0.39, 0.29) is 22.1 Å². The first kappa shape index (κ1) is 21.0. The highest BCUT2D eigenvalue weighted by atomic mass is 35.5. The Hall–Kier alpha value is -2.71. The predicted octanol–water partition coefficient (Wildman–Crippen LogP) is 5.77. The van der Waals surface area contributed by atoms with Gasteiger partial charge < -0.3 is 10.1 Å². The molecule has 29 heavy (non-hydrogen) atoms. The van der Waals surface area contributed by atoms with E-state index in [1.165, 1.54) is 43.5 Å². The summed E-state index contributed by atoms with van der Waals surface area (Å²) >= 11 is 11.9. The number of carbonyl (C=O) groups excluding carboxylic acids is 1. The Bertz CT molecular complexity index is 1080. The summed E-state index contributed by atoms with van der Waals surface area (Å²) < 4.78 is 47.1. The molecule has 0 saturated carbocycles. The summed E-state index contributed by atoms with van der Waals surface area (Å²) in [4.78, 5) is 12.7. The van der Waals surface area contributed by atoms with Gasteiger partial charge in [0, 0.05) is 16.1 Å². The van der Waals surface area contributed by atoms with Gasteiger partial charge in [-0.05, 0) is 36.8 Å². The standard InChI is InChI=1S/C19H14Cl2F3N3O2/c1-10-6-15(16(29-2)8-14(10)21)26-18(28)13-9-25-27(17(13)19(22,23)24)12-5-3-4-11(20)7-12/h3-9H,1-2H3,(H,26,28). The Labute approximate surface area is 174 Å². The second kappa shape index (κ2) is 7.96. The van der Waals surface area contributed by atoms with E-state index in [0.29, 0.717) is 15.3 Å². The van der Waals surface area contributed by atoms with E-state index in [1.807, 2.05) is 0 Å². The molecular weight excluding hydrogens is 430 g/mol. The summed E-state index contributed by atoms with van der Waals surface area (Å²) in [5, 5.41) is 6.82. The topological polar surface area (TPSA) is 56.1 Å². The second-order valence-electron chi connectivity index (χ2n) is 6.05. The zero-order valence-electron chi connectivity index (χ0n) is 15.1. The molecule has 1 heterocycles. The number of hydrogen-bond acceptors (Lipinski definition) is 3. The molecule has 0 fully saturated rings. The zero-order chi connectivity index (χ0) is 21.3. The molecule has 3 rings (SSSR count). The minimum atomic E-state index is -4.84. The highest BCUT2D eigenvalue weighted by molar-refractivity contribution is 6.31. The van der Waals surface area contributed by atoms with Gasteiger partial charge in [-0.2, -0.15) is 18.3 Å². The van der Waals surface area contributed by atoms with Crippen LogP contribution in [-0.4, -0.2) is 22.8 Å². The first-order valence-corrected chi connectivity index (χ1v) is 8.94. The number of aromatic nitrogens is 2. The Morgan fingerprint density at radius 3 is 2.55 bits per heavy atom. The van der Waals surface area contributed by atoms with Crippen LogP contribution < -0.4 is 10.1 Å². The molecule has 2 aromatic carbocycles. The summed E-state index contributed by atoms with van der Waals surface area (Å²) in [6.07, 6.45) is -3.99. The van der Waals surface area contributed by atoms with Crippen LogP contribution in [0.3, 0.4) is 0 Å². The Balaban J connectivity index is 2.06. The van der Waals surface area contributed by atoms with E-state index < -0.39 is 23.3 Å². The molecule has 0 saturated heterocycles. The molecule has 1 N–H and O–H groups in total. The van der Waals surface area contributed by atoms with Crippen molar-refractivity contribution in [3.8, 4) is 11.4 Å². The van der Waals surface area contributed by atoms with Crippen LogP contribution in [0.4, 0.5) is 18.9 Å². The molecule has 0 radical (unpaired) electrons. The molecule has 0 aliphatic rings. The molecule has 0 aliphatic heterocycles. The number of carbonyl (C=O) groups is 1. The quantitative estimate of drug-likeness (QED) is 0.556. The minimum Gasteiger partial charge on any atom is -0.495 e. The van der Waals surface area contributed by atoms with Crippen molar-refractivity contribution < 1.29 is 22.7 Å². The average molecular weight is 444 g/mol. The molecule has 0 bridgehead atoms. The third kappa shape index (κ3) is 4.33. The molecular formula is C19H14Cl2F3N3O2. The highest BCUT2D eigenvalue weighted by Gasteiger charge is 2.40. The highest BCUT2D eigenvalue weighted by Crippen LogP contribution is 2.36. The van der Waals surface area contributed by atoms with E-state index in [2.05, 4.69) is 10.4 Å².